The second-order valence-corrected chi connectivity index (χ2v) is 5.19. The van der Waals surface area contributed by atoms with Crippen molar-refractivity contribution in [3.63, 3.8) is 0 Å². The molecule has 2 heterocycles. The normalized spacial score (nSPS) is 18.5. The molecule has 1 aromatic carbocycles. The Bertz CT molecular complexity index is 417. The lowest BCUT2D eigenvalue weighted by atomic mass is 10.2. The fourth-order valence-electron chi connectivity index (χ4n) is 2.69. The molecule has 4 heteroatoms. The van der Waals surface area contributed by atoms with Crippen LogP contribution in [-0.2, 0) is 0 Å². The number of ether oxygens (including phenoxy) is 2. The highest BCUT2D eigenvalue weighted by molar-refractivity contribution is 5.55. The van der Waals surface area contributed by atoms with E-state index in [9.17, 15) is 0 Å². The minimum atomic E-state index is 0.644. The number of hydrogen-bond donors (Lipinski definition) is 1. The Morgan fingerprint density at radius 1 is 1.05 bits per heavy atom. The summed E-state index contributed by atoms with van der Waals surface area (Å²) in [4.78, 5) is 2.55. The lowest BCUT2D eigenvalue weighted by molar-refractivity contribution is 0.171. The molecule has 1 fully saturated rings. The summed E-state index contributed by atoms with van der Waals surface area (Å²) in [7, 11) is 0. The van der Waals surface area contributed by atoms with Crippen molar-refractivity contribution in [3.05, 3.63) is 18.2 Å². The molecule has 3 rings (SSSR count). The molecule has 0 spiro atoms. The number of fused-ring (bicyclic) bond motifs is 1. The number of nitrogens with zero attached hydrogens (tertiary/aromatic N) is 1. The molecule has 0 radical (unpaired) electrons. The predicted molar refractivity (Wildman–Crippen MR) is 76.2 cm³/mol. The Kier molecular flexibility index (Phi) is 4.08. The molecule has 0 amide bonds. The third kappa shape index (κ3) is 3.32. The first-order chi connectivity index (χ1) is 9.42. The average molecular weight is 262 g/mol. The molecule has 19 heavy (non-hydrogen) atoms. The van der Waals surface area contributed by atoms with Gasteiger partial charge >= 0.3 is 0 Å². The van der Waals surface area contributed by atoms with Crippen LogP contribution in [0.4, 0.5) is 5.69 Å². The van der Waals surface area contributed by atoms with Gasteiger partial charge in [0.15, 0.2) is 11.5 Å². The summed E-state index contributed by atoms with van der Waals surface area (Å²) in [5.74, 6) is 1.71. The number of anilines is 1. The Labute approximate surface area is 114 Å². The summed E-state index contributed by atoms with van der Waals surface area (Å²) in [5.41, 5.74) is 1.12. The van der Waals surface area contributed by atoms with Crippen molar-refractivity contribution in [1.29, 1.82) is 0 Å². The molecular weight excluding hydrogens is 240 g/mol. The van der Waals surface area contributed by atoms with Crippen LogP contribution in [0.1, 0.15) is 19.3 Å². The first-order valence-corrected chi connectivity index (χ1v) is 7.28. The van der Waals surface area contributed by atoms with Gasteiger partial charge in [0, 0.05) is 18.3 Å². The van der Waals surface area contributed by atoms with Crippen molar-refractivity contribution in [2.24, 2.45) is 0 Å². The molecule has 104 valence electrons. The molecule has 1 N–H and O–H groups in total. The highest BCUT2D eigenvalue weighted by Gasteiger charge is 2.12. The van der Waals surface area contributed by atoms with Crippen molar-refractivity contribution in [1.82, 2.24) is 4.90 Å². The molecule has 2 aliphatic heterocycles. The van der Waals surface area contributed by atoms with Gasteiger partial charge in [0.25, 0.3) is 0 Å². The zero-order chi connectivity index (χ0) is 12.9. The molecule has 0 aromatic heterocycles. The van der Waals surface area contributed by atoms with E-state index in [1.807, 2.05) is 12.1 Å². The topological polar surface area (TPSA) is 33.7 Å². The van der Waals surface area contributed by atoms with Crippen molar-refractivity contribution < 1.29 is 9.47 Å². The van der Waals surface area contributed by atoms with E-state index in [4.69, 9.17) is 9.47 Å². The van der Waals surface area contributed by atoms with Crippen LogP contribution in [0.3, 0.4) is 0 Å². The van der Waals surface area contributed by atoms with Crippen LogP contribution in [0.2, 0.25) is 0 Å². The van der Waals surface area contributed by atoms with Crippen molar-refractivity contribution in [2.75, 3.05) is 44.7 Å². The van der Waals surface area contributed by atoms with Gasteiger partial charge in [-0.05, 0) is 51.0 Å². The van der Waals surface area contributed by atoms with Gasteiger partial charge in [0.05, 0.1) is 0 Å². The fourth-order valence-corrected chi connectivity index (χ4v) is 2.69. The van der Waals surface area contributed by atoms with Crippen LogP contribution in [0.5, 0.6) is 11.5 Å². The molecular formula is C15H22N2O2. The first-order valence-electron chi connectivity index (χ1n) is 7.28. The van der Waals surface area contributed by atoms with Gasteiger partial charge in [-0.1, -0.05) is 0 Å². The Balaban J connectivity index is 1.44. The SMILES string of the molecule is c1cc2c(cc1NCCCN1CCCC1)OCCO2. The zero-order valence-corrected chi connectivity index (χ0v) is 11.4. The number of rotatable bonds is 5. The molecule has 4 nitrogen and oxygen atoms in total. The van der Waals surface area contributed by atoms with Crippen LogP contribution < -0.4 is 14.8 Å². The summed E-state index contributed by atoms with van der Waals surface area (Å²) < 4.78 is 11.1. The second-order valence-electron chi connectivity index (χ2n) is 5.19. The van der Waals surface area contributed by atoms with E-state index in [0.29, 0.717) is 13.2 Å². The maximum Gasteiger partial charge on any atom is 0.163 e. The van der Waals surface area contributed by atoms with Gasteiger partial charge in [0.1, 0.15) is 13.2 Å². The molecule has 0 aliphatic carbocycles. The van der Waals surface area contributed by atoms with Gasteiger partial charge < -0.3 is 19.7 Å². The van der Waals surface area contributed by atoms with Crippen LogP contribution in [0, 0.1) is 0 Å². The number of benzene rings is 1. The smallest absolute Gasteiger partial charge is 0.163 e. The monoisotopic (exact) mass is 262 g/mol. The van der Waals surface area contributed by atoms with Gasteiger partial charge in [-0.3, -0.25) is 0 Å². The molecule has 0 saturated carbocycles. The number of nitrogens with one attached hydrogen (secondary N) is 1. The van der Waals surface area contributed by atoms with E-state index in [2.05, 4.69) is 16.3 Å². The lowest BCUT2D eigenvalue weighted by Gasteiger charge is -2.19. The van der Waals surface area contributed by atoms with E-state index in [1.54, 1.807) is 0 Å². The molecule has 1 aromatic rings. The van der Waals surface area contributed by atoms with Crippen LogP contribution in [-0.4, -0.2) is 44.3 Å². The zero-order valence-electron chi connectivity index (χ0n) is 11.4. The number of hydrogen-bond acceptors (Lipinski definition) is 4. The first kappa shape index (κ1) is 12.6. The average Bonchev–Trinajstić information content (AvgIpc) is 2.97. The van der Waals surface area contributed by atoms with E-state index in [0.717, 1.165) is 23.7 Å². The third-order valence-corrected chi connectivity index (χ3v) is 3.72. The summed E-state index contributed by atoms with van der Waals surface area (Å²) >= 11 is 0. The summed E-state index contributed by atoms with van der Waals surface area (Å²) in [6, 6.07) is 6.07. The largest absolute Gasteiger partial charge is 0.486 e. The fraction of sp³-hybridized carbons (Fsp3) is 0.600. The molecule has 0 atom stereocenters. The number of likely N-dealkylation sites (tertiary alicyclic amines) is 1. The summed E-state index contributed by atoms with van der Waals surface area (Å²) in [5, 5.41) is 3.46. The van der Waals surface area contributed by atoms with Gasteiger partial charge in [-0.2, -0.15) is 0 Å². The second kappa shape index (κ2) is 6.15. The van der Waals surface area contributed by atoms with Crippen molar-refractivity contribution in [2.45, 2.75) is 19.3 Å². The summed E-state index contributed by atoms with van der Waals surface area (Å²) in [6.45, 7) is 6.07. The van der Waals surface area contributed by atoms with Gasteiger partial charge in [-0.25, -0.2) is 0 Å². The minimum Gasteiger partial charge on any atom is -0.486 e. The van der Waals surface area contributed by atoms with Crippen LogP contribution in [0.25, 0.3) is 0 Å². The van der Waals surface area contributed by atoms with E-state index < -0.39 is 0 Å². The summed E-state index contributed by atoms with van der Waals surface area (Å²) in [6.07, 6.45) is 3.93. The molecule has 0 bridgehead atoms. The molecule has 2 aliphatic rings. The quantitative estimate of drug-likeness (QED) is 0.826. The van der Waals surface area contributed by atoms with E-state index >= 15 is 0 Å². The van der Waals surface area contributed by atoms with Gasteiger partial charge in [-0.15, -0.1) is 0 Å². The maximum atomic E-state index is 5.58. The van der Waals surface area contributed by atoms with Gasteiger partial charge in [0.2, 0.25) is 0 Å². The Hall–Kier alpha value is -1.42. The predicted octanol–water partition coefficient (Wildman–Crippen LogP) is 2.36. The van der Waals surface area contributed by atoms with Crippen LogP contribution >= 0.6 is 0 Å². The Morgan fingerprint density at radius 2 is 1.84 bits per heavy atom. The maximum absolute atomic E-state index is 5.58. The van der Waals surface area contributed by atoms with E-state index in [1.165, 1.54) is 38.9 Å². The lowest BCUT2D eigenvalue weighted by Crippen LogP contribution is -2.22. The van der Waals surface area contributed by atoms with Crippen LogP contribution in [0.15, 0.2) is 18.2 Å². The standard InChI is InChI=1S/C15H22N2O2/c1-2-8-17(7-1)9-3-6-16-13-4-5-14-15(12-13)19-11-10-18-14/h4-5,12,16H,1-3,6-11H2. The Morgan fingerprint density at radius 3 is 2.68 bits per heavy atom. The van der Waals surface area contributed by atoms with E-state index in [-0.39, 0.29) is 0 Å². The molecule has 1 saturated heterocycles. The van der Waals surface area contributed by atoms with Crippen molar-refractivity contribution >= 4 is 5.69 Å². The minimum absolute atomic E-state index is 0.644. The third-order valence-electron chi connectivity index (χ3n) is 3.72. The van der Waals surface area contributed by atoms with Crippen molar-refractivity contribution in [3.8, 4) is 11.5 Å². The molecule has 0 unspecified atom stereocenters. The highest BCUT2D eigenvalue weighted by atomic mass is 16.6. The highest BCUT2D eigenvalue weighted by Crippen LogP contribution is 2.32.